The first kappa shape index (κ1) is 35.7. The van der Waals surface area contributed by atoms with Gasteiger partial charge in [-0.1, -0.05) is 30.3 Å². The molecule has 0 amide bonds. The van der Waals surface area contributed by atoms with E-state index in [-0.39, 0.29) is 55.6 Å². The maximum Gasteiger partial charge on any atom is 0.215 e. The second kappa shape index (κ2) is 13.6. The number of rotatable bonds is 4. The summed E-state index contributed by atoms with van der Waals surface area (Å²) in [6.45, 7) is -0.642. The second-order valence-electron chi connectivity index (χ2n) is 13.8. The molecule has 4 aliphatic rings. The van der Waals surface area contributed by atoms with Crippen LogP contribution in [-0.4, -0.2) is 43.0 Å². The van der Waals surface area contributed by atoms with E-state index >= 15 is 0 Å². The molecule has 0 N–H and O–H groups in total. The van der Waals surface area contributed by atoms with Gasteiger partial charge in [-0.25, -0.2) is 12.1 Å². The Labute approximate surface area is 365 Å². The third kappa shape index (κ3) is 5.45. The van der Waals surface area contributed by atoms with Gasteiger partial charge in [0, 0.05) is 89.3 Å². The zero-order chi connectivity index (χ0) is 37.2. The monoisotopic (exact) mass is 1120 g/mol. The third-order valence-corrected chi connectivity index (χ3v) is 10.6. The van der Waals surface area contributed by atoms with E-state index in [1.54, 1.807) is 34.2 Å². The Morgan fingerprint density at radius 2 is 1.00 bits per heavy atom. The fraction of sp³-hybridized carbons (Fsp3) is 0. The molecule has 4 aliphatic heterocycles. The van der Waals surface area contributed by atoms with Crippen LogP contribution in [0.4, 0.5) is 0 Å². The average molecular weight is 1120 g/mol. The predicted octanol–water partition coefficient (Wildman–Crippen LogP) is 4.03. The minimum absolute atomic E-state index is 0. The minimum atomic E-state index is -0.325. The number of fused-ring (bicyclic) bond motifs is 8. The Morgan fingerprint density at radius 3 is 1.53 bits per heavy atom. The molecule has 59 heavy (non-hydrogen) atoms. The molecule has 11 nitrogen and oxygen atoms in total. The third-order valence-electron chi connectivity index (χ3n) is 10.6. The summed E-state index contributed by atoms with van der Waals surface area (Å²) in [5, 5.41) is 8.78. The maximum atomic E-state index is 6.43. The van der Waals surface area contributed by atoms with Crippen molar-refractivity contribution >= 4 is 46.2 Å². The van der Waals surface area contributed by atoms with Crippen LogP contribution in [0.25, 0.3) is 33.8 Å². The van der Waals surface area contributed by atoms with Crippen molar-refractivity contribution in [1.82, 2.24) is 29.5 Å². The molecular formula is C44H18B2N6O5Pt2-6. The van der Waals surface area contributed by atoms with Crippen molar-refractivity contribution in [1.29, 1.82) is 0 Å². The number of pyridine rings is 2. The Kier molecular flexibility index (Phi) is 8.22. The van der Waals surface area contributed by atoms with Gasteiger partial charge in [0.25, 0.3) is 0 Å². The molecule has 15 heteroatoms. The fourth-order valence-electron chi connectivity index (χ4n) is 8.11. The normalized spacial score (nSPS) is 12.9. The zero-order valence-corrected chi connectivity index (χ0v) is 34.4. The number of hydrogen-bond acceptors (Lipinski definition) is 9. The van der Waals surface area contributed by atoms with Gasteiger partial charge < -0.3 is 50.5 Å². The molecule has 0 aliphatic carbocycles. The number of hydrogen-bond donors (Lipinski definition) is 0. The van der Waals surface area contributed by atoms with E-state index in [1.807, 2.05) is 85.2 Å². The Morgan fingerprint density at radius 1 is 0.492 bits per heavy atom. The van der Waals surface area contributed by atoms with Crippen LogP contribution in [0.3, 0.4) is 0 Å². The van der Waals surface area contributed by atoms with E-state index in [0.29, 0.717) is 74.5 Å². The fourth-order valence-corrected chi connectivity index (χ4v) is 8.11. The average Bonchev–Trinajstić information content (AvgIpc) is 4.08. The minimum Gasteiger partial charge on any atom is -0.631 e. The summed E-state index contributed by atoms with van der Waals surface area (Å²) < 4.78 is 35.0. The van der Waals surface area contributed by atoms with Crippen molar-refractivity contribution in [3.63, 3.8) is 0 Å². The van der Waals surface area contributed by atoms with Crippen LogP contribution in [0.2, 0.25) is 0 Å². The molecule has 13 rings (SSSR count). The van der Waals surface area contributed by atoms with Gasteiger partial charge in [0.2, 0.25) is 13.4 Å². The number of furan rings is 1. The van der Waals surface area contributed by atoms with Gasteiger partial charge in [0.1, 0.15) is 23.0 Å². The predicted molar refractivity (Wildman–Crippen MR) is 208 cm³/mol. The quantitative estimate of drug-likeness (QED) is 0.191. The maximum absolute atomic E-state index is 6.43. The number of nitrogens with zero attached hydrogens (tertiary/aromatic N) is 6. The van der Waals surface area contributed by atoms with Crippen molar-refractivity contribution < 1.29 is 65.5 Å². The molecule has 9 heterocycles. The molecule has 0 atom stereocenters. The summed E-state index contributed by atoms with van der Waals surface area (Å²) in [4.78, 5) is 9.36. The standard InChI is InChI=1S/C44H18B2N6O5.2Pt/c1-5-36-41-38(7-1)56-43-32(20-28(22-47-43)51-15-3-13-49-51)45(41)30-17-25(9-11-34(30)54-36)27-19-40(53-24-27)26-10-12-35-31(18-26)46-33-21-29(52-16-4-14-50-52)23-48-44(33)57-39-8-2-6-37(55-35)42(39)46;;/h1-16,22-23H;;/q-6;;. The first-order valence-corrected chi connectivity index (χ1v) is 18.1. The summed E-state index contributed by atoms with van der Waals surface area (Å²) in [5.41, 5.74) is 8.26. The molecule has 5 aromatic heterocycles. The van der Waals surface area contributed by atoms with E-state index < -0.39 is 0 Å². The molecule has 286 valence electrons. The summed E-state index contributed by atoms with van der Waals surface area (Å²) in [6, 6.07) is 40.7. The van der Waals surface area contributed by atoms with Gasteiger partial charge in [-0.15, -0.1) is 57.9 Å². The van der Waals surface area contributed by atoms with Gasteiger partial charge in [-0.3, -0.25) is 9.36 Å². The summed E-state index contributed by atoms with van der Waals surface area (Å²) in [6.07, 6.45) is 13.6. The van der Waals surface area contributed by atoms with Crippen LogP contribution >= 0.6 is 0 Å². The molecule has 4 aromatic carbocycles. The first-order valence-electron chi connectivity index (χ1n) is 18.1. The summed E-state index contributed by atoms with van der Waals surface area (Å²) >= 11 is 0. The Hall–Kier alpha value is -6.41. The molecule has 0 spiro atoms. The van der Waals surface area contributed by atoms with Crippen LogP contribution in [0.1, 0.15) is 0 Å². The molecule has 0 saturated carbocycles. The first-order chi connectivity index (χ1) is 28.2. The van der Waals surface area contributed by atoms with E-state index in [9.17, 15) is 0 Å². The second-order valence-corrected chi connectivity index (χ2v) is 13.8. The van der Waals surface area contributed by atoms with E-state index in [0.717, 1.165) is 38.3 Å². The van der Waals surface area contributed by atoms with Crippen molar-refractivity contribution in [3.05, 3.63) is 147 Å². The molecule has 0 unspecified atom stereocenters. The van der Waals surface area contributed by atoms with E-state index in [2.05, 4.69) is 56.8 Å². The van der Waals surface area contributed by atoms with Gasteiger partial charge in [-0.05, 0) is 47.8 Å². The Bertz CT molecular complexity index is 2900. The van der Waals surface area contributed by atoms with Gasteiger partial charge in [0.15, 0.2) is 0 Å². The van der Waals surface area contributed by atoms with Crippen molar-refractivity contribution in [3.8, 4) is 80.1 Å². The zero-order valence-electron chi connectivity index (χ0n) is 29.9. The van der Waals surface area contributed by atoms with Crippen molar-refractivity contribution in [2.24, 2.45) is 0 Å². The van der Waals surface area contributed by atoms with Crippen molar-refractivity contribution in [2.45, 2.75) is 0 Å². The summed E-state index contributed by atoms with van der Waals surface area (Å²) in [5.74, 6) is 5.48. The molecule has 0 bridgehead atoms. The SMILES string of the molecule is [Pt].[Pt].[c-]1oc(-c2[c-]c3c(cc2)Oc2cccc4c2B3c2[c-]c(-n3cccn3)cnc2O4)[c-]c1-c1[c-]c2c(cc1)Oc1cccc3c1B2c1[c-]c(-n2cccn2)cnc1O3. The van der Waals surface area contributed by atoms with Gasteiger partial charge in [0.05, 0.1) is 11.8 Å². The largest absolute Gasteiger partial charge is 0.631 e. The van der Waals surface area contributed by atoms with Crippen LogP contribution in [0.15, 0.2) is 114 Å². The number of ether oxygens (including phenoxy) is 4. The molecular weight excluding hydrogens is 1100 g/mol. The topological polar surface area (TPSA) is 111 Å². The number of benzene rings is 4. The molecule has 9 aromatic rings. The van der Waals surface area contributed by atoms with Gasteiger partial charge in [-0.2, -0.15) is 22.3 Å². The van der Waals surface area contributed by atoms with Crippen molar-refractivity contribution in [2.75, 3.05) is 0 Å². The molecule has 0 saturated heterocycles. The molecule has 0 radical (unpaired) electrons. The molecule has 0 fully saturated rings. The van der Waals surface area contributed by atoms with Crippen LogP contribution in [-0.2, 0) is 42.1 Å². The Balaban J connectivity index is 0.00000198. The van der Waals surface area contributed by atoms with Crippen LogP contribution in [0.5, 0.6) is 46.3 Å². The summed E-state index contributed by atoms with van der Waals surface area (Å²) in [7, 11) is 0. The van der Waals surface area contributed by atoms with Crippen LogP contribution < -0.4 is 51.7 Å². The van der Waals surface area contributed by atoms with E-state index in [1.165, 1.54) is 0 Å². The van der Waals surface area contributed by atoms with Crippen LogP contribution in [0, 0.1) is 36.6 Å². The van der Waals surface area contributed by atoms with Gasteiger partial charge >= 0.3 is 0 Å². The smallest absolute Gasteiger partial charge is 0.215 e. The number of aromatic nitrogens is 6. The van der Waals surface area contributed by atoms with E-state index in [4.69, 9.17) is 23.4 Å².